The van der Waals surface area contributed by atoms with Crippen LogP contribution in [0.15, 0.2) is 54.6 Å². The topological polar surface area (TPSA) is 76.1 Å². The van der Waals surface area contributed by atoms with Gasteiger partial charge in [0.25, 0.3) is 0 Å². The summed E-state index contributed by atoms with van der Waals surface area (Å²) in [5.41, 5.74) is 1.04. The first-order chi connectivity index (χ1) is 13.4. The zero-order valence-electron chi connectivity index (χ0n) is 16.0. The number of hydrogen-bond donors (Lipinski definition) is 1. The highest BCUT2D eigenvalue weighted by molar-refractivity contribution is 7.91. The van der Waals surface area contributed by atoms with Crippen LogP contribution in [0.4, 0.5) is 0 Å². The summed E-state index contributed by atoms with van der Waals surface area (Å²) in [6.07, 6.45) is -0.133. The minimum atomic E-state index is -3.01. The highest BCUT2D eigenvalue weighted by Gasteiger charge is 2.33. The Morgan fingerprint density at radius 3 is 2.43 bits per heavy atom. The average molecular weight is 406 g/mol. The van der Waals surface area contributed by atoms with Gasteiger partial charge in [0.2, 0.25) is 0 Å². The predicted octanol–water partition coefficient (Wildman–Crippen LogP) is 2.12. The van der Waals surface area contributed by atoms with Crippen LogP contribution < -0.4 is 9.47 Å². The van der Waals surface area contributed by atoms with Crippen molar-refractivity contribution in [2.75, 3.05) is 31.8 Å². The van der Waals surface area contributed by atoms with Crippen molar-refractivity contribution < 1.29 is 23.0 Å². The Labute approximate surface area is 166 Å². The molecule has 1 fully saturated rings. The molecule has 0 aliphatic carbocycles. The summed E-state index contributed by atoms with van der Waals surface area (Å²) in [4.78, 5) is 2.05. The third-order valence-electron chi connectivity index (χ3n) is 4.90. The minimum Gasteiger partial charge on any atom is -0.497 e. The van der Waals surface area contributed by atoms with E-state index in [1.54, 1.807) is 7.11 Å². The van der Waals surface area contributed by atoms with Crippen molar-refractivity contribution in [1.29, 1.82) is 0 Å². The molecule has 6 nitrogen and oxygen atoms in total. The lowest BCUT2D eigenvalue weighted by molar-refractivity contribution is 0.0524. The largest absolute Gasteiger partial charge is 0.497 e. The SMILES string of the molecule is COc1ccc(CN(CC(O)COc2ccccc2)C2CCS(=O)(=O)C2)cc1. The Bertz CT molecular complexity index is 839. The van der Waals surface area contributed by atoms with Gasteiger partial charge in [-0.3, -0.25) is 4.90 Å². The van der Waals surface area contributed by atoms with E-state index in [2.05, 4.69) is 0 Å². The number of benzene rings is 2. The summed E-state index contributed by atoms with van der Waals surface area (Å²) in [5.74, 6) is 1.81. The van der Waals surface area contributed by atoms with Crippen LogP contribution in [0.3, 0.4) is 0 Å². The molecule has 28 heavy (non-hydrogen) atoms. The molecule has 0 bridgehead atoms. The van der Waals surface area contributed by atoms with Gasteiger partial charge in [-0.15, -0.1) is 0 Å². The van der Waals surface area contributed by atoms with Crippen molar-refractivity contribution in [1.82, 2.24) is 4.90 Å². The molecule has 2 aromatic carbocycles. The van der Waals surface area contributed by atoms with Crippen LogP contribution in [0.2, 0.25) is 0 Å². The average Bonchev–Trinajstić information content (AvgIpc) is 3.07. The summed E-state index contributed by atoms with van der Waals surface area (Å²) in [5, 5.41) is 10.5. The Kier molecular flexibility index (Phi) is 6.93. The fraction of sp³-hybridized carbons (Fsp3) is 0.429. The lowest BCUT2D eigenvalue weighted by Gasteiger charge is -2.30. The normalized spacial score (nSPS) is 19.5. The number of nitrogens with zero attached hydrogens (tertiary/aromatic N) is 1. The zero-order chi connectivity index (χ0) is 20.0. The number of aliphatic hydroxyl groups is 1. The van der Waals surface area contributed by atoms with E-state index in [-0.39, 0.29) is 24.2 Å². The maximum Gasteiger partial charge on any atom is 0.151 e. The monoisotopic (exact) mass is 405 g/mol. The van der Waals surface area contributed by atoms with Gasteiger partial charge in [0.1, 0.15) is 24.2 Å². The van der Waals surface area contributed by atoms with Crippen LogP contribution in [0.5, 0.6) is 11.5 Å². The second-order valence-electron chi connectivity index (χ2n) is 7.11. The van der Waals surface area contributed by atoms with Gasteiger partial charge in [-0.1, -0.05) is 30.3 Å². The second kappa shape index (κ2) is 9.41. The van der Waals surface area contributed by atoms with Gasteiger partial charge in [0.15, 0.2) is 9.84 Å². The molecule has 1 aliphatic heterocycles. The maximum absolute atomic E-state index is 11.9. The first kappa shape index (κ1) is 20.6. The summed E-state index contributed by atoms with van der Waals surface area (Å²) in [6, 6.07) is 16.9. The molecule has 3 rings (SSSR count). The first-order valence-corrected chi connectivity index (χ1v) is 11.2. The van der Waals surface area contributed by atoms with Gasteiger partial charge < -0.3 is 14.6 Å². The molecule has 1 N–H and O–H groups in total. The number of aliphatic hydroxyl groups excluding tert-OH is 1. The number of rotatable bonds is 9. The molecule has 1 saturated heterocycles. The van der Waals surface area contributed by atoms with Crippen molar-refractivity contribution in [3.63, 3.8) is 0 Å². The van der Waals surface area contributed by atoms with Gasteiger partial charge in [0.05, 0.1) is 18.6 Å². The fourth-order valence-corrected chi connectivity index (χ4v) is 5.17. The molecule has 0 spiro atoms. The van der Waals surface area contributed by atoms with E-state index in [9.17, 15) is 13.5 Å². The summed E-state index contributed by atoms with van der Waals surface area (Å²) in [6.45, 7) is 1.06. The summed E-state index contributed by atoms with van der Waals surface area (Å²) in [7, 11) is -1.39. The summed E-state index contributed by atoms with van der Waals surface area (Å²) < 4.78 is 34.7. The number of sulfone groups is 1. The molecule has 2 unspecified atom stereocenters. The predicted molar refractivity (Wildman–Crippen MR) is 108 cm³/mol. The van der Waals surface area contributed by atoms with E-state index < -0.39 is 15.9 Å². The van der Waals surface area contributed by atoms with Gasteiger partial charge in [-0.05, 0) is 36.2 Å². The highest BCUT2D eigenvalue weighted by atomic mass is 32.2. The third-order valence-corrected chi connectivity index (χ3v) is 6.65. The summed E-state index contributed by atoms with van der Waals surface area (Å²) >= 11 is 0. The van der Waals surface area contributed by atoms with Crippen LogP contribution in [-0.4, -0.2) is 62.3 Å². The molecule has 1 heterocycles. The van der Waals surface area contributed by atoms with Crippen LogP contribution in [-0.2, 0) is 16.4 Å². The molecule has 152 valence electrons. The number of methoxy groups -OCH3 is 1. The lowest BCUT2D eigenvalue weighted by Crippen LogP contribution is -2.42. The molecule has 1 aliphatic rings. The molecule has 7 heteroatoms. The van der Waals surface area contributed by atoms with E-state index in [1.807, 2.05) is 59.5 Å². The van der Waals surface area contributed by atoms with Gasteiger partial charge >= 0.3 is 0 Å². The van der Waals surface area contributed by atoms with E-state index in [1.165, 1.54) is 0 Å². The molecule has 2 atom stereocenters. The van der Waals surface area contributed by atoms with Crippen molar-refractivity contribution in [2.24, 2.45) is 0 Å². The zero-order valence-corrected chi connectivity index (χ0v) is 16.8. The van der Waals surface area contributed by atoms with Crippen LogP contribution in [0, 0.1) is 0 Å². The van der Waals surface area contributed by atoms with Gasteiger partial charge in [0, 0.05) is 19.1 Å². The molecular weight excluding hydrogens is 378 g/mol. The van der Waals surface area contributed by atoms with Gasteiger partial charge in [-0.2, -0.15) is 0 Å². The van der Waals surface area contributed by atoms with Crippen molar-refractivity contribution in [2.45, 2.75) is 25.1 Å². The molecule has 2 aromatic rings. The van der Waals surface area contributed by atoms with Crippen LogP contribution in [0.1, 0.15) is 12.0 Å². The molecule has 0 radical (unpaired) electrons. The van der Waals surface area contributed by atoms with Crippen LogP contribution >= 0.6 is 0 Å². The molecule has 0 aromatic heterocycles. The number of ether oxygens (including phenoxy) is 2. The molecular formula is C21H27NO5S. The fourth-order valence-electron chi connectivity index (χ4n) is 3.40. The van der Waals surface area contributed by atoms with E-state index in [0.29, 0.717) is 25.3 Å². The van der Waals surface area contributed by atoms with Crippen LogP contribution in [0.25, 0.3) is 0 Å². The maximum atomic E-state index is 11.9. The van der Waals surface area contributed by atoms with Crippen molar-refractivity contribution in [3.05, 3.63) is 60.2 Å². The molecule has 0 saturated carbocycles. The van der Waals surface area contributed by atoms with Crippen molar-refractivity contribution >= 4 is 9.84 Å². The van der Waals surface area contributed by atoms with E-state index in [4.69, 9.17) is 9.47 Å². The standard InChI is InChI=1S/C21H27NO5S/c1-26-20-9-7-17(8-10-20)13-22(18-11-12-28(24,25)16-18)14-19(23)15-27-21-5-3-2-4-6-21/h2-10,18-19,23H,11-16H2,1H3. The highest BCUT2D eigenvalue weighted by Crippen LogP contribution is 2.22. The molecule has 0 amide bonds. The lowest BCUT2D eigenvalue weighted by atomic mass is 10.1. The third kappa shape index (κ3) is 5.95. The van der Waals surface area contributed by atoms with E-state index >= 15 is 0 Å². The smallest absolute Gasteiger partial charge is 0.151 e. The number of para-hydroxylation sites is 1. The second-order valence-corrected chi connectivity index (χ2v) is 9.34. The Morgan fingerprint density at radius 2 is 1.82 bits per heavy atom. The van der Waals surface area contributed by atoms with Gasteiger partial charge in [-0.25, -0.2) is 8.42 Å². The number of hydrogen-bond acceptors (Lipinski definition) is 6. The van der Waals surface area contributed by atoms with E-state index in [0.717, 1.165) is 11.3 Å². The Morgan fingerprint density at radius 1 is 1.11 bits per heavy atom. The minimum absolute atomic E-state index is 0.0986. The first-order valence-electron chi connectivity index (χ1n) is 9.38. The quantitative estimate of drug-likeness (QED) is 0.689. The Balaban J connectivity index is 1.64. The van der Waals surface area contributed by atoms with Crippen molar-refractivity contribution in [3.8, 4) is 11.5 Å². The Hall–Kier alpha value is -2.09.